The van der Waals surface area contributed by atoms with Crippen LogP contribution in [0.3, 0.4) is 0 Å². The number of aryl methyl sites for hydroxylation is 1. The normalized spacial score (nSPS) is 11.0. The smallest absolute Gasteiger partial charge is 0.117 e. The molecular formula is C18H28N4. The lowest BCUT2D eigenvalue weighted by Gasteiger charge is -2.04. The van der Waals surface area contributed by atoms with Crippen LogP contribution in [0.2, 0.25) is 0 Å². The molecule has 1 aromatic carbocycles. The molecule has 0 spiro atoms. The van der Waals surface area contributed by atoms with E-state index in [1.165, 1.54) is 25.7 Å². The van der Waals surface area contributed by atoms with Gasteiger partial charge in [0.05, 0.1) is 6.54 Å². The molecule has 0 amide bonds. The Kier molecular flexibility index (Phi) is 7.10. The minimum absolute atomic E-state index is 0.792. The number of rotatable bonds is 10. The fourth-order valence-electron chi connectivity index (χ4n) is 2.51. The van der Waals surface area contributed by atoms with Crippen molar-refractivity contribution in [1.82, 2.24) is 20.3 Å². The standard InChI is InChI=1S/C18H28N4/c1-3-5-6-10-13-19-15-17-18(16-11-8-7-9-12-16)21-22(20-17)14-4-2/h7-9,11-12,19H,3-6,10,13-15H2,1-2H3. The van der Waals surface area contributed by atoms with Gasteiger partial charge in [0.15, 0.2) is 0 Å². The predicted octanol–water partition coefficient (Wildman–Crippen LogP) is 4.03. The molecule has 0 saturated carbocycles. The lowest BCUT2D eigenvalue weighted by molar-refractivity contribution is 0.519. The van der Waals surface area contributed by atoms with Crippen molar-refractivity contribution >= 4 is 0 Å². The monoisotopic (exact) mass is 300 g/mol. The average molecular weight is 300 g/mol. The lowest BCUT2D eigenvalue weighted by atomic mass is 10.1. The van der Waals surface area contributed by atoms with Gasteiger partial charge in [-0.1, -0.05) is 63.4 Å². The maximum Gasteiger partial charge on any atom is 0.117 e. The van der Waals surface area contributed by atoms with Crippen molar-refractivity contribution in [3.05, 3.63) is 36.0 Å². The molecule has 1 heterocycles. The molecule has 22 heavy (non-hydrogen) atoms. The van der Waals surface area contributed by atoms with Crippen LogP contribution in [0.1, 0.15) is 51.6 Å². The third-order valence-corrected chi connectivity index (χ3v) is 3.70. The molecule has 0 aliphatic heterocycles. The van der Waals surface area contributed by atoms with Crippen LogP contribution in [0.5, 0.6) is 0 Å². The molecule has 0 aliphatic rings. The van der Waals surface area contributed by atoms with Crippen LogP contribution in [0.15, 0.2) is 30.3 Å². The number of nitrogens with one attached hydrogen (secondary N) is 1. The van der Waals surface area contributed by atoms with Crippen molar-refractivity contribution in [2.24, 2.45) is 0 Å². The van der Waals surface area contributed by atoms with Gasteiger partial charge in [-0.2, -0.15) is 15.0 Å². The Bertz CT molecular complexity index is 533. The van der Waals surface area contributed by atoms with E-state index in [9.17, 15) is 0 Å². The van der Waals surface area contributed by atoms with E-state index in [0.29, 0.717) is 0 Å². The van der Waals surface area contributed by atoms with Gasteiger partial charge in [0.1, 0.15) is 11.4 Å². The first kappa shape index (κ1) is 16.7. The molecule has 2 rings (SSSR count). The van der Waals surface area contributed by atoms with Gasteiger partial charge in [-0.3, -0.25) is 0 Å². The fraction of sp³-hybridized carbons (Fsp3) is 0.556. The molecule has 4 nitrogen and oxygen atoms in total. The van der Waals surface area contributed by atoms with Crippen LogP contribution >= 0.6 is 0 Å². The number of aromatic nitrogens is 3. The highest BCUT2D eigenvalue weighted by molar-refractivity contribution is 5.60. The van der Waals surface area contributed by atoms with Crippen molar-refractivity contribution in [3.63, 3.8) is 0 Å². The largest absolute Gasteiger partial charge is 0.311 e. The first-order valence-electron chi connectivity index (χ1n) is 8.55. The summed E-state index contributed by atoms with van der Waals surface area (Å²) >= 11 is 0. The van der Waals surface area contributed by atoms with Crippen LogP contribution in [0, 0.1) is 0 Å². The Labute approximate surface area is 133 Å². The van der Waals surface area contributed by atoms with E-state index in [2.05, 4.69) is 53.6 Å². The number of hydrogen-bond donors (Lipinski definition) is 1. The topological polar surface area (TPSA) is 42.7 Å². The van der Waals surface area contributed by atoms with Crippen LogP contribution in [-0.2, 0) is 13.1 Å². The fourth-order valence-corrected chi connectivity index (χ4v) is 2.51. The van der Waals surface area contributed by atoms with E-state index in [1.807, 2.05) is 10.9 Å². The van der Waals surface area contributed by atoms with Gasteiger partial charge in [0.2, 0.25) is 0 Å². The zero-order chi connectivity index (χ0) is 15.6. The molecule has 0 unspecified atom stereocenters. The van der Waals surface area contributed by atoms with E-state index in [0.717, 1.165) is 43.0 Å². The number of benzene rings is 1. The SMILES string of the molecule is CCCCCCNCc1nn(CCC)nc1-c1ccccc1. The van der Waals surface area contributed by atoms with Crippen molar-refractivity contribution < 1.29 is 0 Å². The molecule has 1 aromatic heterocycles. The second kappa shape index (κ2) is 9.36. The van der Waals surface area contributed by atoms with E-state index in [-0.39, 0.29) is 0 Å². The van der Waals surface area contributed by atoms with Gasteiger partial charge < -0.3 is 5.32 Å². The van der Waals surface area contributed by atoms with Crippen molar-refractivity contribution in [1.29, 1.82) is 0 Å². The molecule has 0 radical (unpaired) electrons. The van der Waals surface area contributed by atoms with Crippen LogP contribution in [0.25, 0.3) is 11.3 Å². The molecular weight excluding hydrogens is 272 g/mol. The molecule has 0 fully saturated rings. The highest BCUT2D eigenvalue weighted by Crippen LogP contribution is 2.19. The maximum atomic E-state index is 4.66. The Balaban J connectivity index is 1.99. The Morgan fingerprint density at radius 2 is 1.77 bits per heavy atom. The summed E-state index contributed by atoms with van der Waals surface area (Å²) in [6.07, 6.45) is 6.19. The van der Waals surface area contributed by atoms with Crippen molar-refractivity contribution in [2.45, 2.75) is 59.0 Å². The molecule has 0 bridgehead atoms. The quantitative estimate of drug-likeness (QED) is 0.674. The molecule has 1 N–H and O–H groups in total. The lowest BCUT2D eigenvalue weighted by Crippen LogP contribution is -2.15. The molecule has 0 aliphatic carbocycles. The van der Waals surface area contributed by atoms with Crippen LogP contribution < -0.4 is 5.32 Å². The maximum absolute atomic E-state index is 4.66. The Hall–Kier alpha value is -1.68. The van der Waals surface area contributed by atoms with Crippen LogP contribution in [-0.4, -0.2) is 21.5 Å². The van der Waals surface area contributed by atoms with E-state index in [1.54, 1.807) is 0 Å². The van der Waals surface area contributed by atoms with E-state index >= 15 is 0 Å². The first-order valence-corrected chi connectivity index (χ1v) is 8.55. The van der Waals surface area contributed by atoms with Gasteiger partial charge in [-0.25, -0.2) is 0 Å². The second-order valence-electron chi connectivity index (χ2n) is 5.69. The third-order valence-electron chi connectivity index (χ3n) is 3.70. The molecule has 0 saturated heterocycles. The summed E-state index contributed by atoms with van der Waals surface area (Å²) in [5, 5.41) is 12.8. The number of unbranched alkanes of at least 4 members (excludes halogenated alkanes) is 3. The predicted molar refractivity (Wildman–Crippen MR) is 91.6 cm³/mol. The van der Waals surface area contributed by atoms with Gasteiger partial charge in [0.25, 0.3) is 0 Å². The van der Waals surface area contributed by atoms with Crippen LogP contribution in [0.4, 0.5) is 0 Å². The first-order chi connectivity index (χ1) is 10.8. The summed E-state index contributed by atoms with van der Waals surface area (Å²) in [4.78, 5) is 1.83. The van der Waals surface area contributed by atoms with Gasteiger partial charge in [-0.05, 0) is 19.4 Å². The van der Waals surface area contributed by atoms with E-state index < -0.39 is 0 Å². The second-order valence-corrected chi connectivity index (χ2v) is 5.69. The number of nitrogens with zero attached hydrogens (tertiary/aromatic N) is 3. The zero-order valence-corrected chi connectivity index (χ0v) is 13.9. The van der Waals surface area contributed by atoms with Crippen molar-refractivity contribution in [3.8, 4) is 11.3 Å². The summed E-state index contributed by atoms with van der Waals surface area (Å²) in [5.41, 5.74) is 3.21. The van der Waals surface area contributed by atoms with E-state index in [4.69, 9.17) is 0 Å². The minimum atomic E-state index is 0.792. The Morgan fingerprint density at radius 1 is 0.955 bits per heavy atom. The molecule has 4 heteroatoms. The van der Waals surface area contributed by atoms with Crippen molar-refractivity contribution in [2.75, 3.05) is 6.54 Å². The summed E-state index contributed by atoms with van der Waals surface area (Å²) < 4.78 is 0. The molecule has 120 valence electrons. The zero-order valence-electron chi connectivity index (χ0n) is 13.9. The highest BCUT2D eigenvalue weighted by Gasteiger charge is 2.12. The average Bonchev–Trinajstić information content (AvgIpc) is 2.95. The molecule has 0 atom stereocenters. The number of hydrogen-bond acceptors (Lipinski definition) is 3. The summed E-state index contributed by atoms with van der Waals surface area (Å²) in [5.74, 6) is 0. The van der Waals surface area contributed by atoms with Gasteiger partial charge >= 0.3 is 0 Å². The third kappa shape index (κ3) is 4.95. The van der Waals surface area contributed by atoms with Gasteiger partial charge in [-0.15, -0.1) is 0 Å². The minimum Gasteiger partial charge on any atom is -0.311 e. The highest BCUT2D eigenvalue weighted by atomic mass is 15.5. The summed E-state index contributed by atoms with van der Waals surface area (Å²) in [7, 11) is 0. The molecule has 2 aromatic rings. The van der Waals surface area contributed by atoms with Gasteiger partial charge in [0, 0.05) is 12.1 Å². The summed E-state index contributed by atoms with van der Waals surface area (Å²) in [6, 6.07) is 10.3. The summed E-state index contributed by atoms with van der Waals surface area (Å²) in [6.45, 7) is 7.11. The Morgan fingerprint density at radius 3 is 2.50 bits per heavy atom.